The minimum Gasteiger partial charge on any atom is -0.459 e. The third-order valence-electron chi connectivity index (χ3n) is 4.37. The van der Waals surface area contributed by atoms with E-state index in [1.807, 2.05) is 0 Å². The van der Waals surface area contributed by atoms with Crippen LogP contribution in [0.5, 0.6) is 0 Å². The third-order valence-corrected chi connectivity index (χ3v) is 6.76. The van der Waals surface area contributed by atoms with Crippen LogP contribution in [0.15, 0.2) is 28.8 Å². The van der Waals surface area contributed by atoms with Crippen LogP contribution >= 0.6 is 7.60 Å². The molecule has 0 amide bonds. The SMILES string of the molecule is CCOP(=O)(OCC)C(Cc1nc(C(F)(F)c2ccc(C(F)(F)F)cc2)no1)C(=O)OC(C)(C)C. The zero-order chi connectivity index (χ0) is 26.7. The van der Waals surface area contributed by atoms with Crippen molar-refractivity contribution in [3.63, 3.8) is 0 Å². The van der Waals surface area contributed by atoms with Gasteiger partial charge in [0.15, 0.2) is 5.66 Å². The van der Waals surface area contributed by atoms with Crippen LogP contribution in [0.2, 0.25) is 0 Å². The quantitative estimate of drug-likeness (QED) is 0.218. The van der Waals surface area contributed by atoms with Crippen molar-refractivity contribution in [1.82, 2.24) is 10.1 Å². The Kier molecular flexibility index (Phi) is 8.84. The van der Waals surface area contributed by atoms with Gasteiger partial charge in [0, 0.05) is 5.56 Å². The molecule has 0 saturated carbocycles. The number of carbonyl (C=O) groups excluding carboxylic acids is 1. The van der Waals surface area contributed by atoms with Gasteiger partial charge >= 0.3 is 25.7 Å². The number of ether oxygens (including phenoxy) is 1. The Morgan fingerprint density at radius 3 is 1.97 bits per heavy atom. The summed E-state index contributed by atoms with van der Waals surface area (Å²) >= 11 is 0. The average Bonchev–Trinajstić information content (AvgIpc) is 3.20. The number of halogens is 5. The van der Waals surface area contributed by atoms with E-state index >= 15 is 0 Å². The zero-order valence-corrected chi connectivity index (χ0v) is 20.6. The van der Waals surface area contributed by atoms with Crippen molar-refractivity contribution in [2.24, 2.45) is 0 Å². The minimum atomic E-state index is -4.70. The highest BCUT2D eigenvalue weighted by atomic mass is 31.2. The van der Waals surface area contributed by atoms with E-state index in [0.29, 0.717) is 24.3 Å². The molecule has 1 unspecified atom stereocenters. The number of esters is 1. The molecule has 8 nitrogen and oxygen atoms in total. The molecule has 2 aromatic rings. The van der Waals surface area contributed by atoms with E-state index in [0.717, 1.165) is 0 Å². The van der Waals surface area contributed by atoms with Crippen molar-refractivity contribution in [1.29, 1.82) is 0 Å². The first-order chi connectivity index (χ1) is 16.0. The smallest absolute Gasteiger partial charge is 0.416 e. The molecule has 35 heavy (non-hydrogen) atoms. The summed E-state index contributed by atoms with van der Waals surface area (Å²) in [5, 5.41) is 3.21. The molecule has 14 heteroatoms. The molecule has 1 aromatic carbocycles. The second kappa shape index (κ2) is 10.7. The minimum absolute atomic E-state index is 0.0857. The lowest BCUT2D eigenvalue weighted by Crippen LogP contribution is -2.34. The second-order valence-electron chi connectivity index (χ2n) is 8.29. The van der Waals surface area contributed by atoms with Gasteiger partial charge in [0.05, 0.1) is 25.2 Å². The first-order valence-electron chi connectivity index (χ1n) is 10.5. The average molecular weight is 528 g/mol. The lowest BCUT2D eigenvalue weighted by Gasteiger charge is -2.27. The molecule has 0 aliphatic carbocycles. The summed E-state index contributed by atoms with van der Waals surface area (Å²) in [4.78, 5) is 16.4. The molecule has 0 radical (unpaired) electrons. The van der Waals surface area contributed by atoms with Gasteiger partial charge < -0.3 is 18.3 Å². The van der Waals surface area contributed by atoms with E-state index < -0.39 is 66.2 Å². The maximum absolute atomic E-state index is 14.9. The van der Waals surface area contributed by atoms with Gasteiger partial charge in [-0.2, -0.15) is 26.9 Å². The maximum atomic E-state index is 14.9. The van der Waals surface area contributed by atoms with E-state index in [2.05, 4.69) is 10.1 Å². The third kappa shape index (κ3) is 7.31. The van der Waals surface area contributed by atoms with E-state index in [9.17, 15) is 31.3 Å². The zero-order valence-electron chi connectivity index (χ0n) is 19.7. The van der Waals surface area contributed by atoms with Crippen LogP contribution in [0.3, 0.4) is 0 Å². The molecule has 0 fully saturated rings. The van der Waals surface area contributed by atoms with Crippen molar-refractivity contribution in [2.45, 2.75) is 64.4 Å². The van der Waals surface area contributed by atoms with Gasteiger partial charge in [-0.3, -0.25) is 9.36 Å². The Hall–Kier alpha value is -2.37. The molecule has 1 aromatic heterocycles. The molecular weight excluding hydrogens is 502 g/mol. The highest BCUT2D eigenvalue weighted by Gasteiger charge is 2.46. The predicted octanol–water partition coefficient (Wildman–Crippen LogP) is 5.75. The van der Waals surface area contributed by atoms with Gasteiger partial charge in [-0.1, -0.05) is 17.3 Å². The van der Waals surface area contributed by atoms with Crippen molar-refractivity contribution in [3.05, 3.63) is 47.1 Å². The van der Waals surface area contributed by atoms with Gasteiger partial charge in [-0.25, -0.2) is 0 Å². The molecule has 0 bridgehead atoms. The highest BCUT2D eigenvalue weighted by molar-refractivity contribution is 7.55. The molecule has 1 heterocycles. The number of benzene rings is 1. The number of nitrogens with zero attached hydrogens (tertiary/aromatic N) is 2. The first kappa shape index (κ1) is 28.9. The molecule has 0 saturated heterocycles. The summed E-state index contributed by atoms with van der Waals surface area (Å²) in [6.45, 7) is 7.59. The largest absolute Gasteiger partial charge is 0.459 e. The fourth-order valence-corrected chi connectivity index (χ4v) is 4.74. The number of hydrogen-bond acceptors (Lipinski definition) is 8. The molecule has 1 atom stereocenters. The normalized spacial score (nSPS) is 14.1. The molecule has 2 rings (SSSR count). The standard InChI is InChI=1S/C21H26F5N2O6P/c1-6-31-35(30,32-7-2)15(17(29)33-19(3,4)5)12-16-27-18(28-34-16)20(22,23)13-8-10-14(11-9-13)21(24,25)26/h8-11,15H,6-7,12H2,1-5H3. The fraction of sp³-hybridized carbons (Fsp3) is 0.571. The van der Waals surface area contributed by atoms with Gasteiger partial charge in [-0.05, 0) is 46.8 Å². The molecule has 196 valence electrons. The number of hydrogen-bond donors (Lipinski definition) is 0. The molecule has 0 aliphatic heterocycles. The Morgan fingerprint density at radius 2 is 1.51 bits per heavy atom. The lowest BCUT2D eigenvalue weighted by atomic mass is 10.1. The summed E-state index contributed by atoms with van der Waals surface area (Å²) in [6, 6.07) is 2.20. The number of rotatable bonds is 10. The number of carbonyl (C=O) groups is 1. The monoisotopic (exact) mass is 528 g/mol. The molecule has 0 aliphatic rings. The first-order valence-corrected chi connectivity index (χ1v) is 12.1. The Morgan fingerprint density at radius 1 is 1.00 bits per heavy atom. The molecule has 0 spiro atoms. The predicted molar refractivity (Wildman–Crippen MR) is 113 cm³/mol. The van der Waals surface area contributed by atoms with Crippen LogP contribution in [0, 0.1) is 0 Å². The van der Waals surface area contributed by atoms with Crippen LogP contribution in [-0.4, -0.2) is 40.6 Å². The number of aromatic nitrogens is 2. The topological polar surface area (TPSA) is 101 Å². The lowest BCUT2D eigenvalue weighted by molar-refractivity contribution is -0.154. The summed E-state index contributed by atoms with van der Waals surface area (Å²) in [5.74, 6) is -6.56. The van der Waals surface area contributed by atoms with Crippen LogP contribution < -0.4 is 0 Å². The molecule has 0 N–H and O–H groups in total. The van der Waals surface area contributed by atoms with Crippen molar-refractivity contribution >= 4 is 13.6 Å². The maximum Gasteiger partial charge on any atom is 0.416 e. The van der Waals surface area contributed by atoms with Crippen molar-refractivity contribution in [2.75, 3.05) is 13.2 Å². The van der Waals surface area contributed by atoms with Gasteiger partial charge in [-0.15, -0.1) is 0 Å². The van der Waals surface area contributed by atoms with Gasteiger partial charge in [0.25, 0.3) is 0 Å². The Balaban J connectivity index is 2.37. The summed E-state index contributed by atoms with van der Waals surface area (Å²) in [6.07, 6.45) is -5.30. The molecular formula is C21H26F5N2O6P. The number of alkyl halides is 5. The summed E-state index contributed by atoms with van der Waals surface area (Å²) < 4.78 is 102. The van der Waals surface area contributed by atoms with Gasteiger partial charge in [0.2, 0.25) is 11.7 Å². The summed E-state index contributed by atoms with van der Waals surface area (Å²) in [7, 11) is -4.14. The summed E-state index contributed by atoms with van der Waals surface area (Å²) in [5.41, 5.74) is -4.49. The van der Waals surface area contributed by atoms with E-state index in [1.165, 1.54) is 13.8 Å². The van der Waals surface area contributed by atoms with E-state index in [4.69, 9.17) is 18.3 Å². The van der Waals surface area contributed by atoms with Crippen LogP contribution in [0.25, 0.3) is 0 Å². The fourth-order valence-electron chi connectivity index (χ4n) is 2.90. The van der Waals surface area contributed by atoms with Crippen LogP contribution in [0.4, 0.5) is 22.0 Å². The van der Waals surface area contributed by atoms with Crippen LogP contribution in [-0.2, 0) is 41.7 Å². The van der Waals surface area contributed by atoms with Crippen molar-refractivity contribution < 1.29 is 49.6 Å². The van der Waals surface area contributed by atoms with E-state index in [-0.39, 0.29) is 13.2 Å². The van der Waals surface area contributed by atoms with Crippen molar-refractivity contribution in [3.8, 4) is 0 Å². The van der Waals surface area contributed by atoms with E-state index in [1.54, 1.807) is 20.8 Å². The Labute approximate surface area is 198 Å². The van der Waals surface area contributed by atoms with Crippen LogP contribution in [0.1, 0.15) is 57.5 Å². The highest BCUT2D eigenvalue weighted by Crippen LogP contribution is 2.54. The Bertz CT molecular complexity index is 1040. The second-order valence-corrected chi connectivity index (χ2v) is 10.5. The van der Waals surface area contributed by atoms with Gasteiger partial charge in [0.1, 0.15) is 5.60 Å².